The molecule has 1 N–H and O–H groups in total. The molecule has 0 aliphatic rings. The summed E-state index contributed by atoms with van der Waals surface area (Å²) in [6, 6.07) is 16.6. The van der Waals surface area contributed by atoms with Gasteiger partial charge in [0, 0.05) is 12.2 Å². The first kappa shape index (κ1) is 16.9. The van der Waals surface area contributed by atoms with Crippen molar-refractivity contribution >= 4 is 39.1 Å². The van der Waals surface area contributed by atoms with E-state index in [2.05, 4.69) is 4.98 Å². The minimum Gasteiger partial charge on any atom is -0.481 e. The molecule has 6 nitrogen and oxygen atoms in total. The highest BCUT2D eigenvalue weighted by atomic mass is 32.1. The first-order valence-electron chi connectivity index (χ1n) is 7.69. The fraction of sp³-hybridized carbons (Fsp3) is 0.167. The first-order valence-corrected chi connectivity index (χ1v) is 8.51. The summed E-state index contributed by atoms with van der Waals surface area (Å²) in [6.45, 7) is -0.115. The second kappa shape index (κ2) is 7.76. The van der Waals surface area contributed by atoms with E-state index >= 15 is 0 Å². The Morgan fingerprint density at radius 2 is 1.80 bits per heavy atom. The average Bonchev–Trinajstić information content (AvgIpc) is 3.04. The number of rotatable bonds is 7. The maximum atomic E-state index is 12.5. The predicted octanol–water partition coefficient (Wildman–Crippen LogP) is 3.18. The highest BCUT2D eigenvalue weighted by Crippen LogP contribution is 2.27. The lowest BCUT2D eigenvalue weighted by Gasteiger charge is -2.21. The van der Waals surface area contributed by atoms with Crippen molar-refractivity contribution in [3.05, 3.63) is 54.6 Å². The molecule has 0 aliphatic heterocycles. The smallest absolute Gasteiger partial charge is 0.305 e. The molecule has 0 radical (unpaired) electrons. The van der Waals surface area contributed by atoms with Crippen LogP contribution in [0.25, 0.3) is 10.2 Å². The van der Waals surface area contributed by atoms with E-state index < -0.39 is 5.97 Å². The molecule has 0 saturated heterocycles. The van der Waals surface area contributed by atoms with Gasteiger partial charge in [0.05, 0.1) is 16.6 Å². The number of hydrogen-bond acceptors (Lipinski definition) is 5. The third-order valence-electron chi connectivity index (χ3n) is 3.51. The maximum absolute atomic E-state index is 12.5. The quantitative estimate of drug-likeness (QED) is 0.703. The number of para-hydroxylation sites is 2. The third kappa shape index (κ3) is 4.33. The van der Waals surface area contributed by atoms with E-state index in [0.717, 1.165) is 10.2 Å². The molecule has 1 heterocycles. The van der Waals surface area contributed by atoms with E-state index in [4.69, 9.17) is 9.84 Å². The van der Waals surface area contributed by atoms with Crippen LogP contribution in [0.2, 0.25) is 0 Å². The molecule has 0 unspecified atom stereocenters. The number of hydrogen-bond donors (Lipinski definition) is 1. The normalized spacial score (nSPS) is 10.6. The van der Waals surface area contributed by atoms with Gasteiger partial charge in [-0.05, 0) is 24.3 Å². The highest BCUT2D eigenvalue weighted by molar-refractivity contribution is 7.20. The third-order valence-corrected chi connectivity index (χ3v) is 4.46. The van der Waals surface area contributed by atoms with Gasteiger partial charge in [0.1, 0.15) is 0 Å². The molecular formula is C18H16N2O4S. The summed E-state index contributed by atoms with van der Waals surface area (Å²) in [4.78, 5) is 29.1. The largest absolute Gasteiger partial charge is 0.481 e. The van der Waals surface area contributed by atoms with E-state index in [-0.39, 0.29) is 25.5 Å². The molecule has 7 heteroatoms. The Kier molecular flexibility index (Phi) is 5.25. The van der Waals surface area contributed by atoms with Crippen LogP contribution in [0.4, 0.5) is 5.69 Å². The molecule has 2 aromatic carbocycles. The van der Waals surface area contributed by atoms with Crippen LogP contribution >= 0.6 is 11.3 Å². The Morgan fingerprint density at radius 1 is 1.08 bits per heavy atom. The number of thiazole rings is 1. The Balaban J connectivity index is 1.69. The van der Waals surface area contributed by atoms with E-state index in [1.807, 2.05) is 30.3 Å². The number of nitrogens with zero attached hydrogens (tertiary/aromatic N) is 2. The fourth-order valence-corrected chi connectivity index (χ4v) is 3.14. The lowest BCUT2D eigenvalue weighted by atomic mass is 10.2. The van der Waals surface area contributed by atoms with Gasteiger partial charge in [0.15, 0.2) is 6.61 Å². The van der Waals surface area contributed by atoms with Crippen LogP contribution in [0.1, 0.15) is 6.42 Å². The standard InChI is InChI=1S/C18H16N2O4S/c21-16(12-24-18-19-14-8-4-5-9-15(14)25-18)20(11-10-17(22)23)13-6-2-1-3-7-13/h1-9H,10-12H2,(H,22,23). The number of anilines is 1. The Labute approximate surface area is 148 Å². The molecule has 25 heavy (non-hydrogen) atoms. The fourth-order valence-electron chi connectivity index (χ4n) is 2.33. The van der Waals surface area contributed by atoms with Crippen LogP contribution in [0, 0.1) is 0 Å². The monoisotopic (exact) mass is 356 g/mol. The summed E-state index contributed by atoms with van der Waals surface area (Å²) < 4.78 is 6.51. The first-order chi connectivity index (χ1) is 12.1. The van der Waals surface area contributed by atoms with Gasteiger partial charge in [0.2, 0.25) is 0 Å². The summed E-state index contributed by atoms with van der Waals surface area (Å²) in [5.41, 5.74) is 1.46. The van der Waals surface area contributed by atoms with Crippen molar-refractivity contribution in [2.75, 3.05) is 18.1 Å². The number of carbonyl (C=O) groups excluding carboxylic acids is 1. The molecule has 0 aliphatic carbocycles. The van der Waals surface area contributed by atoms with Crippen LogP contribution in [0.5, 0.6) is 5.19 Å². The van der Waals surface area contributed by atoms with Crippen molar-refractivity contribution in [3.8, 4) is 5.19 Å². The summed E-state index contributed by atoms with van der Waals surface area (Å²) in [5.74, 6) is -1.27. The van der Waals surface area contributed by atoms with Crippen LogP contribution < -0.4 is 9.64 Å². The van der Waals surface area contributed by atoms with Gasteiger partial charge in [-0.15, -0.1) is 0 Å². The highest BCUT2D eigenvalue weighted by Gasteiger charge is 2.18. The molecule has 1 aromatic heterocycles. The second-order valence-electron chi connectivity index (χ2n) is 5.26. The van der Waals surface area contributed by atoms with Gasteiger partial charge in [-0.25, -0.2) is 4.98 Å². The molecular weight excluding hydrogens is 340 g/mol. The van der Waals surface area contributed by atoms with Crippen molar-refractivity contribution in [2.45, 2.75) is 6.42 Å². The number of amides is 1. The van der Waals surface area contributed by atoms with Crippen molar-refractivity contribution in [1.82, 2.24) is 4.98 Å². The molecule has 0 atom stereocenters. The number of carboxylic acids is 1. The topological polar surface area (TPSA) is 79.7 Å². The van der Waals surface area contributed by atoms with Crippen LogP contribution in [-0.2, 0) is 9.59 Å². The maximum Gasteiger partial charge on any atom is 0.305 e. The molecule has 3 aromatic rings. The Morgan fingerprint density at radius 3 is 2.52 bits per heavy atom. The summed E-state index contributed by atoms with van der Waals surface area (Å²) >= 11 is 1.37. The summed E-state index contributed by atoms with van der Waals surface area (Å²) in [6.07, 6.45) is -0.137. The zero-order chi connectivity index (χ0) is 17.6. The number of aromatic nitrogens is 1. The number of benzene rings is 2. The van der Waals surface area contributed by atoms with E-state index in [9.17, 15) is 9.59 Å². The summed E-state index contributed by atoms with van der Waals surface area (Å²) in [7, 11) is 0. The number of fused-ring (bicyclic) bond motifs is 1. The lowest BCUT2D eigenvalue weighted by Crippen LogP contribution is -2.36. The molecule has 0 spiro atoms. The number of aliphatic carboxylic acids is 1. The van der Waals surface area contributed by atoms with Gasteiger partial charge < -0.3 is 14.7 Å². The van der Waals surface area contributed by atoms with Gasteiger partial charge in [0.25, 0.3) is 11.1 Å². The Hall–Kier alpha value is -2.93. The van der Waals surface area contributed by atoms with Crippen LogP contribution in [0.3, 0.4) is 0 Å². The van der Waals surface area contributed by atoms with Crippen molar-refractivity contribution < 1.29 is 19.4 Å². The van der Waals surface area contributed by atoms with Crippen LogP contribution in [0.15, 0.2) is 54.6 Å². The predicted molar refractivity (Wildman–Crippen MR) is 96.2 cm³/mol. The van der Waals surface area contributed by atoms with E-state index in [1.165, 1.54) is 16.2 Å². The van der Waals surface area contributed by atoms with E-state index in [0.29, 0.717) is 10.9 Å². The zero-order valence-electron chi connectivity index (χ0n) is 13.3. The van der Waals surface area contributed by atoms with Gasteiger partial charge in [-0.1, -0.05) is 41.7 Å². The van der Waals surface area contributed by atoms with E-state index in [1.54, 1.807) is 24.3 Å². The van der Waals surface area contributed by atoms with Crippen molar-refractivity contribution in [3.63, 3.8) is 0 Å². The number of carboxylic acid groups (broad SMARTS) is 1. The minimum atomic E-state index is -0.958. The lowest BCUT2D eigenvalue weighted by molar-refractivity contribution is -0.136. The minimum absolute atomic E-state index is 0.0847. The molecule has 0 fully saturated rings. The van der Waals surface area contributed by atoms with Crippen molar-refractivity contribution in [1.29, 1.82) is 0 Å². The average molecular weight is 356 g/mol. The molecule has 0 bridgehead atoms. The second-order valence-corrected chi connectivity index (χ2v) is 6.25. The molecule has 128 valence electrons. The Bertz CT molecular complexity index is 846. The van der Waals surface area contributed by atoms with Crippen LogP contribution in [-0.4, -0.2) is 35.1 Å². The SMILES string of the molecule is O=C(O)CCN(C(=O)COc1nc2ccccc2s1)c1ccccc1. The number of ether oxygens (including phenoxy) is 1. The zero-order valence-corrected chi connectivity index (χ0v) is 14.1. The molecule has 1 amide bonds. The van der Waals surface area contributed by atoms with Gasteiger partial charge >= 0.3 is 5.97 Å². The summed E-state index contributed by atoms with van der Waals surface area (Å²) in [5, 5.41) is 9.32. The number of carbonyl (C=O) groups is 2. The molecule has 3 rings (SSSR count). The molecule has 0 saturated carbocycles. The van der Waals surface area contributed by atoms with Crippen molar-refractivity contribution in [2.24, 2.45) is 0 Å². The van der Waals surface area contributed by atoms with Gasteiger partial charge in [-0.2, -0.15) is 0 Å². The van der Waals surface area contributed by atoms with Gasteiger partial charge in [-0.3, -0.25) is 9.59 Å².